The lowest BCUT2D eigenvalue weighted by molar-refractivity contribution is -0.131. The number of benzene rings is 1. The highest BCUT2D eigenvalue weighted by Crippen LogP contribution is 2.18. The number of carbonyl (C=O) groups is 1. The third-order valence-corrected chi connectivity index (χ3v) is 2.73. The van der Waals surface area contributed by atoms with Crippen LogP contribution in [0.25, 0.3) is 0 Å². The highest BCUT2D eigenvalue weighted by molar-refractivity contribution is 5.81. The lowest BCUT2D eigenvalue weighted by atomic mass is 10.1. The maximum atomic E-state index is 11.8. The molecule has 0 spiro atoms. The van der Waals surface area contributed by atoms with E-state index in [4.69, 9.17) is 10.5 Å². The molecule has 1 amide bonds. The molecular weight excluding hydrogens is 216 g/mol. The number of amides is 1. The van der Waals surface area contributed by atoms with E-state index in [2.05, 4.69) is 0 Å². The van der Waals surface area contributed by atoms with E-state index in [0.717, 1.165) is 11.3 Å². The summed E-state index contributed by atoms with van der Waals surface area (Å²) in [7, 11) is 3.38. The molecule has 0 aliphatic heterocycles. The molecular formula is C13H20N2O2. The van der Waals surface area contributed by atoms with Crippen LogP contribution >= 0.6 is 0 Å². The van der Waals surface area contributed by atoms with E-state index in [9.17, 15) is 4.79 Å². The normalized spacial score (nSPS) is 12.0. The Kier molecular flexibility index (Phi) is 4.97. The average Bonchev–Trinajstić information content (AvgIpc) is 2.37. The summed E-state index contributed by atoms with van der Waals surface area (Å²) in [6, 6.07) is 7.24. The number of nitrogens with zero attached hydrogens (tertiary/aromatic N) is 1. The van der Waals surface area contributed by atoms with Crippen LogP contribution in [0.3, 0.4) is 0 Å². The first-order valence-corrected chi connectivity index (χ1v) is 5.72. The van der Waals surface area contributed by atoms with Crippen molar-refractivity contribution in [3.8, 4) is 5.75 Å². The molecule has 0 saturated heterocycles. The van der Waals surface area contributed by atoms with Gasteiger partial charge < -0.3 is 15.4 Å². The van der Waals surface area contributed by atoms with Gasteiger partial charge in [0.25, 0.3) is 0 Å². The minimum atomic E-state index is -0.422. The van der Waals surface area contributed by atoms with E-state index in [1.807, 2.05) is 31.2 Å². The van der Waals surface area contributed by atoms with Gasteiger partial charge in [0.05, 0.1) is 13.2 Å². The molecule has 1 atom stereocenters. The van der Waals surface area contributed by atoms with Gasteiger partial charge in [-0.15, -0.1) is 0 Å². The lowest BCUT2D eigenvalue weighted by Gasteiger charge is -2.21. The van der Waals surface area contributed by atoms with Crippen molar-refractivity contribution in [1.82, 2.24) is 4.90 Å². The number of ether oxygens (including phenoxy) is 1. The van der Waals surface area contributed by atoms with Crippen LogP contribution in [0.4, 0.5) is 0 Å². The van der Waals surface area contributed by atoms with Gasteiger partial charge in [0, 0.05) is 19.2 Å². The first-order valence-electron chi connectivity index (χ1n) is 5.72. The Labute approximate surface area is 102 Å². The zero-order valence-corrected chi connectivity index (χ0v) is 10.6. The molecule has 0 aliphatic rings. The Bertz CT molecular complexity index is 379. The highest BCUT2D eigenvalue weighted by Gasteiger charge is 2.17. The van der Waals surface area contributed by atoms with Crippen LogP contribution in [-0.2, 0) is 11.3 Å². The smallest absolute Gasteiger partial charge is 0.239 e. The van der Waals surface area contributed by atoms with E-state index in [1.165, 1.54) is 0 Å². The number of rotatable bonds is 5. The van der Waals surface area contributed by atoms with Gasteiger partial charge in [-0.2, -0.15) is 0 Å². The Hall–Kier alpha value is -1.55. The van der Waals surface area contributed by atoms with Crippen molar-refractivity contribution in [3.63, 3.8) is 0 Å². The maximum Gasteiger partial charge on any atom is 0.239 e. The zero-order chi connectivity index (χ0) is 12.8. The number of hydrogen-bond donors (Lipinski definition) is 1. The van der Waals surface area contributed by atoms with Gasteiger partial charge in [0.1, 0.15) is 5.75 Å². The third kappa shape index (κ3) is 3.46. The summed E-state index contributed by atoms with van der Waals surface area (Å²) in [5, 5.41) is 0. The van der Waals surface area contributed by atoms with E-state index < -0.39 is 6.04 Å². The lowest BCUT2D eigenvalue weighted by Crippen LogP contribution is -2.40. The van der Waals surface area contributed by atoms with Crippen LogP contribution in [0.15, 0.2) is 24.3 Å². The number of hydrogen-bond acceptors (Lipinski definition) is 3. The van der Waals surface area contributed by atoms with E-state index >= 15 is 0 Å². The molecule has 1 rings (SSSR count). The minimum absolute atomic E-state index is 0.0431. The maximum absolute atomic E-state index is 11.8. The summed E-state index contributed by atoms with van der Waals surface area (Å²) >= 11 is 0. The predicted octanol–water partition coefficient (Wildman–Crippen LogP) is 1.39. The molecule has 1 aromatic carbocycles. The van der Waals surface area contributed by atoms with Crippen molar-refractivity contribution < 1.29 is 9.53 Å². The monoisotopic (exact) mass is 236 g/mol. The molecule has 4 heteroatoms. The van der Waals surface area contributed by atoms with Crippen molar-refractivity contribution in [2.75, 3.05) is 14.2 Å². The molecule has 0 unspecified atom stereocenters. The fourth-order valence-corrected chi connectivity index (χ4v) is 1.62. The molecule has 0 heterocycles. The van der Waals surface area contributed by atoms with Gasteiger partial charge >= 0.3 is 0 Å². The van der Waals surface area contributed by atoms with Crippen LogP contribution in [0, 0.1) is 0 Å². The second kappa shape index (κ2) is 6.25. The van der Waals surface area contributed by atoms with Gasteiger partial charge in [-0.05, 0) is 12.5 Å². The molecule has 1 aromatic rings. The fourth-order valence-electron chi connectivity index (χ4n) is 1.62. The second-order valence-corrected chi connectivity index (χ2v) is 4.02. The number of carbonyl (C=O) groups excluding carboxylic acids is 1. The standard InChI is InChI=1S/C13H20N2O2/c1-4-11(14)13(16)15(2)9-10-7-5-6-8-12(10)17-3/h5-8,11H,4,9,14H2,1-3H3/t11-/m0/s1. The number of likely N-dealkylation sites (N-methyl/N-ethyl adjacent to an activating group) is 1. The SMILES string of the molecule is CC[C@H](N)C(=O)N(C)Cc1ccccc1OC. The van der Waals surface area contributed by atoms with E-state index in [0.29, 0.717) is 13.0 Å². The molecule has 0 saturated carbocycles. The van der Waals surface area contributed by atoms with Gasteiger partial charge in [0.15, 0.2) is 0 Å². The van der Waals surface area contributed by atoms with Crippen molar-refractivity contribution in [2.24, 2.45) is 5.73 Å². The second-order valence-electron chi connectivity index (χ2n) is 4.02. The fraction of sp³-hybridized carbons (Fsp3) is 0.462. The molecule has 4 nitrogen and oxygen atoms in total. The zero-order valence-electron chi connectivity index (χ0n) is 10.6. The Morgan fingerprint density at radius 1 is 1.47 bits per heavy atom. The Balaban J connectivity index is 2.74. The first-order chi connectivity index (χ1) is 8.10. The summed E-state index contributed by atoms with van der Waals surface area (Å²) in [6.45, 7) is 2.41. The van der Waals surface area contributed by atoms with Crippen LogP contribution < -0.4 is 10.5 Å². The van der Waals surface area contributed by atoms with E-state index in [1.54, 1.807) is 19.1 Å². The van der Waals surface area contributed by atoms with Crippen molar-refractivity contribution in [2.45, 2.75) is 25.9 Å². The summed E-state index contributed by atoms with van der Waals surface area (Å²) in [5.41, 5.74) is 6.70. The summed E-state index contributed by atoms with van der Waals surface area (Å²) in [6.07, 6.45) is 0.648. The topological polar surface area (TPSA) is 55.6 Å². The van der Waals surface area contributed by atoms with Crippen molar-refractivity contribution >= 4 is 5.91 Å². The molecule has 0 radical (unpaired) electrons. The summed E-state index contributed by atoms with van der Waals surface area (Å²) in [4.78, 5) is 13.5. The van der Waals surface area contributed by atoms with Crippen molar-refractivity contribution in [1.29, 1.82) is 0 Å². The molecule has 0 fully saturated rings. The first kappa shape index (κ1) is 13.5. The molecule has 0 bridgehead atoms. The summed E-state index contributed by atoms with van der Waals surface area (Å²) in [5.74, 6) is 0.746. The summed E-state index contributed by atoms with van der Waals surface area (Å²) < 4.78 is 5.24. The number of nitrogens with two attached hydrogens (primary N) is 1. The number of methoxy groups -OCH3 is 1. The van der Waals surface area contributed by atoms with Gasteiger partial charge in [-0.25, -0.2) is 0 Å². The van der Waals surface area contributed by atoms with Crippen LogP contribution in [0.5, 0.6) is 5.75 Å². The van der Waals surface area contributed by atoms with Crippen molar-refractivity contribution in [3.05, 3.63) is 29.8 Å². The average molecular weight is 236 g/mol. The van der Waals surface area contributed by atoms with Crippen LogP contribution in [-0.4, -0.2) is 31.0 Å². The molecule has 0 aromatic heterocycles. The Morgan fingerprint density at radius 3 is 2.71 bits per heavy atom. The highest BCUT2D eigenvalue weighted by atomic mass is 16.5. The largest absolute Gasteiger partial charge is 0.496 e. The van der Waals surface area contributed by atoms with Gasteiger partial charge in [-0.1, -0.05) is 25.1 Å². The van der Waals surface area contributed by atoms with E-state index in [-0.39, 0.29) is 5.91 Å². The molecule has 2 N–H and O–H groups in total. The molecule has 94 valence electrons. The van der Waals surface area contributed by atoms with Crippen LogP contribution in [0.2, 0.25) is 0 Å². The van der Waals surface area contributed by atoms with Gasteiger partial charge in [-0.3, -0.25) is 4.79 Å². The molecule has 17 heavy (non-hydrogen) atoms. The van der Waals surface area contributed by atoms with Crippen LogP contribution in [0.1, 0.15) is 18.9 Å². The quantitative estimate of drug-likeness (QED) is 0.840. The predicted molar refractivity (Wildman–Crippen MR) is 67.7 cm³/mol. The Morgan fingerprint density at radius 2 is 2.12 bits per heavy atom. The number of para-hydroxylation sites is 1. The van der Waals surface area contributed by atoms with Gasteiger partial charge in [0.2, 0.25) is 5.91 Å². The minimum Gasteiger partial charge on any atom is -0.496 e. The third-order valence-electron chi connectivity index (χ3n) is 2.73. The molecule has 0 aliphatic carbocycles.